The summed E-state index contributed by atoms with van der Waals surface area (Å²) in [6.07, 6.45) is 0.297. The average molecular weight is 468 g/mol. The summed E-state index contributed by atoms with van der Waals surface area (Å²) in [4.78, 5) is 8.53. The van der Waals surface area contributed by atoms with E-state index in [-0.39, 0.29) is 17.6 Å². The van der Waals surface area contributed by atoms with Gasteiger partial charge in [0.05, 0.1) is 17.9 Å². The average Bonchev–Trinajstić information content (AvgIpc) is 2.66. The van der Waals surface area contributed by atoms with E-state index in [9.17, 15) is 13.2 Å². The molecule has 3 aliphatic rings. The topological polar surface area (TPSA) is 57.4 Å². The zero-order valence-electron chi connectivity index (χ0n) is 20.6. The van der Waals surface area contributed by atoms with E-state index < -0.39 is 12.7 Å². The molecule has 2 saturated carbocycles. The first-order valence-corrected chi connectivity index (χ1v) is 12.4. The van der Waals surface area contributed by atoms with Crippen molar-refractivity contribution in [3.05, 3.63) is 17.8 Å². The van der Waals surface area contributed by atoms with Crippen LogP contribution in [0.25, 0.3) is 0 Å². The Labute approximate surface area is 196 Å². The van der Waals surface area contributed by atoms with Gasteiger partial charge in [-0.1, -0.05) is 13.8 Å². The third-order valence-electron chi connectivity index (χ3n) is 8.16. The summed E-state index contributed by atoms with van der Waals surface area (Å²) in [6.45, 7) is 10.6. The minimum Gasteiger partial charge on any atom is -0.380 e. The zero-order chi connectivity index (χ0) is 24.1. The van der Waals surface area contributed by atoms with E-state index in [4.69, 9.17) is 10.7 Å². The molecule has 2 aliphatic carbocycles. The number of hydrogen-bond donors (Lipinski definition) is 2. The van der Waals surface area contributed by atoms with Gasteiger partial charge in [-0.3, -0.25) is 4.90 Å². The molecule has 3 fully saturated rings. The van der Waals surface area contributed by atoms with E-state index in [2.05, 4.69) is 30.1 Å². The van der Waals surface area contributed by atoms with Crippen LogP contribution in [0.2, 0.25) is 0 Å². The van der Waals surface area contributed by atoms with Crippen LogP contribution in [0.1, 0.15) is 59.1 Å². The van der Waals surface area contributed by atoms with Gasteiger partial charge in [0.15, 0.2) is 0 Å². The van der Waals surface area contributed by atoms with E-state index in [1.807, 2.05) is 26.8 Å². The number of nitrogens with two attached hydrogens (primary N) is 1. The molecule has 7 unspecified atom stereocenters. The Bertz CT molecular complexity index is 830. The molecule has 1 aliphatic heterocycles. The number of piperazine rings is 1. The number of anilines is 2. The van der Waals surface area contributed by atoms with Crippen molar-refractivity contribution in [3.8, 4) is 0 Å². The van der Waals surface area contributed by atoms with Crippen molar-refractivity contribution in [2.75, 3.05) is 29.9 Å². The number of fused-ring (bicyclic) bond motifs is 2. The summed E-state index contributed by atoms with van der Waals surface area (Å²) < 4.78 is 38.9. The molecule has 1 aromatic heterocycles. The molecular weight excluding hydrogens is 427 g/mol. The molecule has 4 rings (SSSR count). The lowest BCUT2D eigenvalue weighted by Gasteiger charge is -2.52. The van der Waals surface area contributed by atoms with Gasteiger partial charge in [0, 0.05) is 36.8 Å². The highest BCUT2D eigenvalue weighted by atomic mass is 19.4. The van der Waals surface area contributed by atoms with Gasteiger partial charge in [0.25, 0.3) is 0 Å². The molecule has 2 heterocycles. The highest BCUT2D eigenvalue weighted by Crippen LogP contribution is 2.47. The molecule has 3 N–H and O–H groups in total. The van der Waals surface area contributed by atoms with Crippen molar-refractivity contribution in [1.82, 2.24) is 9.88 Å². The van der Waals surface area contributed by atoms with Crippen molar-refractivity contribution in [2.45, 2.75) is 90.1 Å². The van der Waals surface area contributed by atoms with Crippen LogP contribution in [0.5, 0.6) is 0 Å². The quantitative estimate of drug-likeness (QED) is 0.666. The Morgan fingerprint density at radius 1 is 1.09 bits per heavy atom. The van der Waals surface area contributed by atoms with Crippen LogP contribution in [-0.4, -0.2) is 59.4 Å². The van der Waals surface area contributed by atoms with Crippen molar-refractivity contribution in [2.24, 2.45) is 23.5 Å². The Kier molecular flexibility index (Phi) is 6.64. The summed E-state index contributed by atoms with van der Waals surface area (Å²) in [7, 11) is 0. The van der Waals surface area contributed by atoms with Crippen molar-refractivity contribution in [3.63, 3.8) is 0 Å². The monoisotopic (exact) mass is 467 g/mol. The van der Waals surface area contributed by atoms with E-state index in [1.165, 1.54) is 6.42 Å². The van der Waals surface area contributed by atoms with Crippen LogP contribution in [0.4, 0.5) is 24.7 Å². The van der Waals surface area contributed by atoms with Gasteiger partial charge in [-0.15, -0.1) is 0 Å². The number of rotatable bonds is 4. The Hall–Kier alpha value is -1.54. The molecule has 0 spiro atoms. The number of aryl methyl sites for hydroxylation is 1. The van der Waals surface area contributed by atoms with Crippen LogP contribution in [0, 0.1) is 24.7 Å². The third kappa shape index (κ3) is 5.42. The van der Waals surface area contributed by atoms with Gasteiger partial charge < -0.3 is 16.0 Å². The van der Waals surface area contributed by atoms with Gasteiger partial charge in [0.1, 0.15) is 5.82 Å². The molecule has 5 nitrogen and oxygen atoms in total. The molecule has 2 bridgehead atoms. The minimum absolute atomic E-state index is 0.0152. The summed E-state index contributed by atoms with van der Waals surface area (Å²) in [6, 6.07) is 4.12. The van der Waals surface area contributed by atoms with Crippen LogP contribution >= 0.6 is 0 Å². The van der Waals surface area contributed by atoms with E-state index >= 15 is 0 Å². The fourth-order valence-corrected chi connectivity index (χ4v) is 7.03. The number of halogens is 3. The second kappa shape index (κ2) is 8.91. The van der Waals surface area contributed by atoms with Crippen LogP contribution in [-0.2, 0) is 0 Å². The fourth-order valence-electron chi connectivity index (χ4n) is 7.03. The van der Waals surface area contributed by atoms with Gasteiger partial charge in [-0.2, -0.15) is 13.2 Å². The number of alkyl halides is 3. The van der Waals surface area contributed by atoms with Gasteiger partial charge in [0.2, 0.25) is 0 Å². The van der Waals surface area contributed by atoms with Gasteiger partial charge in [-0.25, -0.2) is 4.98 Å². The highest BCUT2D eigenvalue weighted by molar-refractivity contribution is 5.54. The van der Waals surface area contributed by atoms with E-state index in [0.717, 1.165) is 36.5 Å². The molecule has 33 heavy (non-hydrogen) atoms. The fraction of sp³-hybridized carbons (Fsp3) is 0.800. The molecule has 1 saturated heterocycles. The molecule has 1 aromatic rings. The zero-order valence-corrected chi connectivity index (χ0v) is 20.6. The lowest BCUT2D eigenvalue weighted by atomic mass is 9.59. The van der Waals surface area contributed by atoms with Gasteiger partial charge in [-0.05, 0) is 76.3 Å². The third-order valence-corrected chi connectivity index (χ3v) is 8.16. The maximum atomic E-state index is 13.0. The van der Waals surface area contributed by atoms with E-state index in [1.54, 1.807) is 4.90 Å². The smallest absolute Gasteiger partial charge is 0.380 e. The maximum absolute atomic E-state index is 13.0. The SMILES string of the molecule is Cc1nc(N2CC(C)N(CC(F)(F)F)C(C)C2)ccc1NC1C(C)CC2(N)CC(C)CC1C2. The number of hydrogen-bond acceptors (Lipinski definition) is 5. The molecule has 0 aromatic carbocycles. The second-order valence-corrected chi connectivity index (χ2v) is 11.4. The summed E-state index contributed by atoms with van der Waals surface area (Å²) in [5, 5.41) is 3.80. The summed E-state index contributed by atoms with van der Waals surface area (Å²) in [5.41, 5.74) is 8.70. The van der Waals surface area contributed by atoms with E-state index in [0.29, 0.717) is 36.9 Å². The highest BCUT2D eigenvalue weighted by Gasteiger charge is 2.46. The second-order valence-electron chi connectivity index (χ2n) is 11.4. The van der Waals surface area contributed by atoms with Crippen molar-refractivity contribution in [1.29, 1.82) is 0 Å². The number of pyridine rings is 1. The first kappa shape index (κ1) is 24.6. The summed E-state index contributed by atoms with van der Waals surface area (Å²) >= 11 is 0. The Morgan fingerprint density at radius 2 is 1.76 bits per heavy atom. The lowest BCUT2D eigenvalue weighted by molar-refractivity contribution is -0.156. The first-order valence-electron chi connectivity index (χ1n) is 12.4. The molecule has 8 heteroatoms. The first-order chi connectivity index (χ1) is 15.3. The number of aromatic nitrogens is 1. The normalized spacial score (nSPS) is 37.8. The Balaban J connectivity index is 1.45. The molecule has 186 valence electrons. The molecule has 0 amide bonds. The lowest BCUT2D eigenvalue weighted by Crippen LogP contribution is -2.59. The molecule has 7 atom stereocenters. The molecular formula is C25H40F3N5. The maximum Gasteiger partial charge on any atom is 0.401 e. The number of nitrogens with one attached hydrogen (secondary N) is 1. The van der Waals surface area contributed by atoms with Crippen molar-refractivity contribution < 1.29 is 13.2 Å². The molecule has 0 radical (unpaired) electrons. The summed E-state index contributed by atoms with van der Waals surface area (Å²) in [5.74, 6) is 2.58. The predicted octanol–water partition coefficient (Wildman–Crippen LogP) is 4.81. The van der Waals surface area contributed by atoms with Crippen LogP contribution in [0.3, 0.4) is 0 Å². The van der Waals surface area contributed by atoms with Gasteiger partial charge >= 0.3 is 6.18 Å². The predicted molar refractivity (Wildman–Crippen MR) is 127 cm³/mol. The standard InChI is InChI=1S/C25H40F3N5/c1-15-8-20-11-24(29,9-15)10-16(2)23(20)31-21-6-7-22(30-19(21)5)32-12-17(3)33(18(4)13-32)14-25(26,27)28/h6-7,15-18,20,23,31H,8-14,29H2,1-5H3. The minimum atomic E-state index is -4.18. The number of nitrogens with zero attached hydrogens (tertiary/aromatic N) is 3. The van der Waals surface area contributed by atoms with Crippen LogP contribution in [0.15, 0.2) is 12.1 Å². The van der Waals surface area contributed by atoms with Crippen molar-refractivity contribution >= 4 is 11.5 Å². The Morgan fingerprint density at radius 3 is 2.36 bits per heavy atom. The largest absolute Gasteiger partial charge is 0.401 e. The van der Waals surface area contributed by atoms with Crippen LogP contribution < -0.4 is 16.0 Å².